The summed E-state index contributed by atoms with van der Waals surface area (Å²) in [5, 5.41) is 8.77. The Morgan fingerprint density at radius 2 is 1.81 bits per heavy atom. The van der Waals surface area contributed by atoms with E-state index < -0.39 is 0 Å². The highest BCUT2D eigenvalue weighted by Gasteiger charge is 2.27. The van der Waals surface area contributed by atoms with E-state index in [-0.39, 0.29) is 0 Å². The summed E-state index contributed by atoms with van der Waals surface area (Å²) in [6.07, 6.45) is 13.8. The molecule has 1 saturated carbocycles. The molecule has 32 heavy (non-hydrogen) atoms. The molecule has 0 atom stereocenters. The van der Waals surface area contributed by atoms with E-state index in [9.17, 15) is 0 Å². The van der Waals surface area contributed by atoms with Gasteiger partial charge in [-0.2, -0.15) is 0 Å². The van der Waals surface area contributed by atoms with Gasteiger partial charge in [0.1, 0.15) is 5.15 Å². The summed E-state index contributed by atoms with van der Waals surface area (Å²) in [5.74, 6) is 1.24. The molecule has 0 aromatic carbocycles. The number of aromatic nitrogens is 6. The Hall–Kier alpha value is -2.75. The number of hydrogen-bond donors (Lipinski definition) is 1. The van der Waals surface area contributed by atoms with Crippen LogP contribution in [0.25, 0.3) is 22.4 Å². The van der Waals surface area contributed by atoms with E-state index in [1.807, 2.05) is 29.2 Å². The van der Waals surface area contributed by atoms with Gasteiger partial charge in [0.15, 0.2) is 0 Å². The van der Waals surface area contributed by atoms with Gasteiger partial charge >= 0.3 is 0 Å². The Bertz CT molecular complexity index is 1240. The lowest BCUT2D eigenvalue weighted by Crippen LogP contribution is -2.46. The maximum absolute atomic E-state index is 6.20. The van der Waals surface area contributed by atoms with Crippen LogP contribution in [0.3, 0.4) is 0 Å². The van der Waals surface area contributed by atoms with Crippen LogP contribution in [0.4, 0.5) is 5.95 Å². The van der Waals surface area contributed by atoms with E-state index in [0.29, 0.717) is 29.0 Å². The van der Waals surface area contributed by atoms with Crippen molar-refractivity contribution < 1.29 is 4.74 Å². The summed E-state index contributed by atoms with van der Waals surface area (Å²) < 4.78 is 9.12. The van der Waals surface area contributed by atoms with E-state index in [1.54, 1.807) is 16.8 Å². The van der Waals surface area contributed by atoms with Gasteiger partial charge in [-0.15, -0.1) is 5.10 Å². The third kappa shape index (κ3) is 3.70. The van der Waals surface area contributed by atoms with Gasteiger partial charge in [-0.25, -0.2) is 19.5 Å². The van der Waals surface area contributed by atoms with Crippen molar-refractivity contribution in [2.45, 2.75) is 37.8 Å². The number of ether oxygens (including phenoxy) is 1. The summed E-state index contributed by atoms with van der Waals surface area (Å²) >= 11 is 6.20. The number of anilines is 1. The van der Waals surface area contributed by atoms with E-state index in [4.69, 9.17) is 21.4 Å². The number of rotatable bonds is 4. The number of fused-ring (bicyclic) bond motifs is 2. The van der Waals surface area contributed by atoms with Gasteiger partial charge < -0.3 is 10.1 Å². The van der Waals surface area contributed by atoms with Crippen LogP contribution >= 0.6 is 11.6 Å². The van der Waals surface area contributed by atoms with Gasteiger partial charge in [-0.1, -0.05) is 11.6 Å². The fraction of sp³-hybridized carbons (Fsp3) is 0.455. The Morgan fingerprint density at radius 3 is 2.66 bits per heavy atom. The van der Waals surface area contributed by atoms with Crippen LogP contribution < -0.4 is 5.32 Å². The quantitative estimate of drug-likeness (QED) is 0.509. The summed E-state index contributed by atoms with van der Waals surface area (Å²) in [6, 6.07) is 3.12. The lowest BCUT2D eigenvalue weighted by molar-refractivity contribution is 0.00790. The molecule has 166 valence electrons. The minimum Gasteiger partial charge on any atom is -0.379 e. The van der Waals surface area contributed by atoms with Crippen molar-refractivity contribution in [1.82, 2.24) is 33.9 Å². The van der Waals surface area contributed by atoms with Crippen LogP contribution in [0.5, 0.6) is 0 Å². The maximum atomic E-state index is 6.20. The summed E-state index contributed by atoms with van der Waals surface area (Å²) in [5.41, 5.74) is 2.86. The van der Waals surface area contributed by atoms with Crippen molar-refractivity contribution in [1.29, 1.82) is 0 Å². The third-order valence-electron chi connectivity index (χ3n) is 6.64. The zero-order valence-corrected chi connectivity index (χ0v) is 18.4. The van der Waals surface area contributed by atoms with Gasteiger partial charge in [0.05, 0.1) is 31.1 Å². The molecule has 2 fully saturated rings. The molecule has 0 spiro atoms. The van der Waals surface area contributed by atoms with E-state index >= 15 is 0 Å². The lowest BCUT2D eigenvalue weighted by Gasteiger charge is -2.38. The first-order chi connectivity index (χ1) is 15.7. The second-order valence-electron chi connectivity index (χ2n) is 8.53. The van der Waals surface area contributed by atoms with Gasteiger partial charge in [-0.05, 0) is 31.7 Å². The summed E-state index contributed by atoms with van der Waals surface area (Å²) in [6.45, 7) is 3.86. The molecule has 1 aliphatic carbocycles. The Kier molecular flexibility index (Phi) is 5.17. The molecule has 2 aliphatic rings. The predicted molar refractivity (Wildman–Crippen MR) is 122 cm³/mol. The van der Waals surface area contributed by atoms with Crippen LogP contribution in [-0.2, 0) is 4.74 Å². The molecular weight excluding hydrogens is 428 g/mol. The molecule has 4 aromatic heterocycles. The van der Waals surface area contributed by atoms with Crippen molar-refractivity contribution in [3.8, 4) is 11.1 Å². The van der Waals surface area contributed by atoms with Gasteiger partial charge in [-0.3, -0.25) is 9.30 Å². The highest BCUT2D eigenvalue weighted by molar-refractivity contribution is 6.29. The highest BCUT2D eigenvalue weighted by Crippen LogP contribution is 2.28. The molecule has 0 radical (unpaired) electrons. The first kappa shape index (κ1) is 19.9. The van der Waals surface area contributed by atoms with Crippen molar-refractivity contribution in [3.63, 3.8) is 0 Å². The van der Waals surface area contributed by atoms with E-state index in [2.05, 4.69) is 25.2 Å². The Balaban J connectivity index is 1.16. The lowest BCUT2D eigenvalue weighted by atomic mass is 9.90. The zero-order chi connectivity index (χ0) is 21.5. The molecule has 0 unspecified atom stereocenters. The van der Waals surface area contributed by atoms with Gasteiger partial charge in [0.2, 0.25) is 11.7 Å². The second-order valence-corrected chi connectivity index (χ2v) is 8.92. The maximum Gasteiger partial charge on any atom is 0.241 e. The average Bonchev–Trinajstić information content (AvgIpc) is 3.43. The van der Waals surface area contributed by atoms with Crippen molar-refractivity contribution >= 4 is 28.8 Å². The van der Waals surface area contributed by atoms with Crippen LogP contribution in [0, 0.1) is 0 Å². The molecule has 0 bridgehead atoms. The average molecular weight is 453 g/mol. The zero-order valence-electron chi connectivity index (χ0n) is 17.7. The number of imidazole rings is 1. The molecular formula is C22H25ClN8O. The SMILES string of the molecule is Clc1cnc2ncc(-c3ccn4nc(N[C@H]5CC[C@@H](N6CCOCC6)CC5)ncc34)cn12. The fourth-order valence-corrected chi connectivity index (χ4v) is 5.08. The van der Waals surface area contributed by atoms with Crippen molar-refractivity contribution in [2.24, 2.45) is 0 Å². The summed E-state index contributed by atoms with van der Waals surface area (Å²) in [7, 11) is 0. The second kappa shape index (κ2) is 8.31. The first-order valence-electron chi connectivity index (χ1n) is 11.2. The largest absolute Gasteiger partial charge is 0.379 e. The number of nitrogens with zero attached hydrogens (tertiary/aromatic N) is 7. The molecule has 4 aromatic rings. The van der Waals surface area contributed by atoms with Crippen molar-refractivity contribution in [3.05, 3.63) is 42.2 Å². The van der Waals surface area contributed by atoms with Crippen LogP contribution in [0.2, 0.25) is 5.15 Å². The molecule has 6 rings (SSSR count). The smallest absolute Gasteiger partial charge is 0.241 e. The highest BCUT2D eigenvalue weighted by atomic mass is 35.5. The molecule has 1 N–H and O–H groups in total. The number of halogens is 1. The summed E-state index contributed by atoms with van der Waals surface area (Å²) in [4.78, 5) is 15.8. The minimum atomic E-state index is 0.412. The molecule has 5 heterocycles. The topological polar surface area (TPSA) is 84.9 Å². The van der Waals surface area contributed by atoms with Gasteiger partial charge in [0.25, 0.3) is 0 Å². The van der Waals surface area contributed by atoms with Crippen LogP contribution in [0.15, 0.2) is 37.1 Å². The molecule has 1 saturated heterocycles. The predicted octanol–water partition coefficient (Wildman–Crippen LogP) is 3.15. The van der Waals surface area contributed by atoms with E-state index in [0.717, 1.165) is 55.8 Å². The molecule has 10 heteroatoms. The Morgan fingerprint density at radius 1 is 1.00 bits per heavy atom. The van der Waals surface area contributed by atoms with Crippen LogP contribution in [-0.4, -0.2) is 72.3 Å². The number of hydrogen-bond acceptors (Lipinski definition) is 7. The molecule has 1 aliphatic heterocycles. The number of nitrogens with one attached hydrogen (secondary N) is 1. The minimum absolute atomic E-state index is 0.412. The monoisotopic (exact) mass is 452 g/mol. The Labute approximate surface area is 190 Å². The normalized spacial score (nSPS) is 22.5. The van der Waals surface area contributed by atoms with Gasteiger partial charge in [0, 0.05) is 54.9 Å². The van der Waals surface area contributed by atoms with E-state index in [1.165, 1.54) is 12.8 Å². The first-order valence-corrected chi connectivity index (χ1v) is 11.5. The fourth-order valence-electron chi connectivity index (χ4n) is 4.91. The standard InChI is InChI=1S/C22H25ClN8O/c23-20-13-26-22-25-11-15(14-30(20)22)18-5-6-31-19(18)12-24-21(28-31)27-16-1-3-17(4-2-16)29-7-9-32-10-8-29/h5-6,11-14,16-17H,1-4,7-10H2,(H,27,28)/t16-,17+. The number of morpholine rings is 1. The third-order valence-corrected chi connectivity index (χ3v) is 6.92. The molecule has 0 amide bonds. The molecule has 9 nitrogen and oxygen atoms in total. The van der Waals surface area contributed by atoms with Crippen LogP contribution in [0.1, 0.15) is 25.7 Å². The van der Waals surface area contributed by atoms with Crippen molar-refractivity contribution in [2.75, 3.05) is 31.6 Å².